The van der Waals surface area contributed by atoms with Gasteiger partial charge in [-0.2, -0.15) is 0 Å². The molecule has 1 aromatic carbocycles. The summed E-state index contributed by atoms with van der Waals surface area (Å²) in [6.45, 7) is 14.5. The summed E-state index contributed by atoms with van der Waals surface area (Å²) in [7, 11) is 0. The van der Waals surface area contributed by atoms with Crippen LogP contribution in [0.25, 0.3) is 0 Å². The molecule has 1 aromatic rings. The quantitative estimate of drug-likeness (QED) is 0.454. The Morgan fingerprint density at radius 3 is 2.52 bits per heavy atom. The van der Waals surface area contributed by atoms with Crippen molar-refractivity contribution in [3.05, 3.63) is 23.8 Å². The number of carbonyl (C=O) groups is 1. The van der Waals surface area contributed by atoms with Crippen molar-refractivity contribution in [2.75, 3.05) is 42.5 Å². The molecule has 2 atom stereocenters. The number of rotatable bonds is 9. The summed E-state index contributed by atoms with van der Waals surface area (Å²) in [4.78, 5) is 18.0. The maximum Gasteiger partial charge on any atom is 0.233 e. The van der Waals surface area contributed by atoms with Gasteiger partial charge in [-0.25, -0.2) is 0 Å². The molecule has 0 saturated carbocycles. The highest BCUT2D eigenvalue weighted by molar-refractivity contribution is 6.00. The highest BCUT2D eigenvalue weighted by Crippen LogP contribution is 2.43. The average Bonchev–Trinajstić information content (AvgIpc) is 3.40. The Kier molecular flexibility index (Phi) is 8.04. The number of benzene rings is 1. The molecule has 3 aliphatic heterocycles. The number of amides is 1. The third-order valence-corrected chi connectivity index (χ3v) is 8.88. The molecule has 4 heteroatoms. The lowest BCUT2D eigenvalue weighted by molar-refractivity contribution is -0.126. The Balaban J connectivity index is 1.31. The van der Waals surface area contributed by atoms with Crippen LogP contribution in [0.2, 0.25) is 0 Å². The predicted octanol–water partition coefficient (Wildman–Crippen LogP) is 6.17. The normalized spacial score (nSPS) is 23.8. The number of hydrogen-bond donors (Lipinski definition) is 1. The maximum absolute atomic E-state index is 13.3. The second kappa shape index (κ2) is 10.8. The number of nitrogens with one attached hydrogen (secondary N) is 1. The second-order valence-electron chi connectivity index (χ2n) is 11.7. The van der Waals surface area contributed by atoms with Gasteiger partial charge >= 0.3 is 0 Å². The number of carbonyl (C=O) groups excluding carboxylic acids is 1. The SMILES string of the molecule is Cc1cc(N2CCC(C(C)CCCCCC(C)C)C2)ccc1N1CCC2(CCNCC2)C1=O. The summed E-state index contributed by atoms with van der Waals surface area (Å²) in [5, 5.41) is 3.42. The number of aryl methyl sites for hydroxylation is 1. The molecule has 0 radical (unpaired) electrons. The molecule has 3 saturated heterocycles. The molecule has 2 unspecified atom stereocenters. The molecular weight excluding hydrogens is 406 g/mol. The van der Waals surface area contributed by atoms with Crippen LogP contribution in [0.5, 0.6) is 0 Å². The van der Waals surface area contributed by atoms with E-state index < -0.39 is 0 Å². The van der Waals surface area contributed by atoms with E-state index in [2.05, 4.69) is 61.0 Å². The number of piperidine rings is 1. The van der Waals surface area contributed by atoms with Gasteiger partial charge in [0, 0.05) is 31.0 Å². The smallest absolute Gasteiger partial charge is 0.233 e. The van der Waals surface area contributed by atoms with Gasteiger partial charge in [0.2, 0.25) is 5.91 Å². The summed E-state index contributed by atoms with van der Waals surface area (Å²) < 4.78 is 0. The molecule has 184 valence electrons. The zero-order valence-electron chi connectivity index (χ0n) is 21.7. The van der Waals surface area contributed by atoms with Gasteiger partial charge in [0.15, 0.2) is 0 Å². The molecule has 3 aliphatic rings. The Labute approximate surface area is 202 Å². The van der Waals surface area contributed by atoms with Gasteiger partial charge in [-0.3, -0.25) is 4.79 Å². The number of unbranched alkanes of at least 4 members (excludes halogenated alkanes) is 2. The van der Waals surface area contributed by atoms with Gasteiger partial charge in [-0.1, -0.05) is 52.9 Å². The van der Waals surface area contributed by atoms with Crippen LogP contribution in [0.1, 0.15) is 84.1 Å². The third-order valence-electron chi connectivity index (χ3n) is 8.88. The highest BCUT2D eigenvalue weighted by Gasteiger charge is 2.47. The molecule has 1 amide bonds. The summed E-state index contributed by atoms with van der Waals surface area (Å²) in [5.41, 5.74) is 3.60. The van der Waals surface area contributed by atoms with Crippen molar-refractivity contribution in [3.8, 4) is 0 Å². The fourth-order valence-electron chi connectivity index (χ4n) is 6.48. The van der Waals surface area contributed by atoms with E-state index in [9.17, 15) is 4.79 Å². The summed E-state index contributed by atoms with van der Waals surface area (Å²) in [6, 6.07) is 6.81. The average molecular weight is 454 g/mol. The first kappa shape index (κ1) is 24.6. The molecule has 0 bridgehead atoms. The van der Waals surface area contributed by atoms with E-state index in [1.165, 1.54) is 62.9 Å². The molecule has 1 spiro atoms. The maximum atomic E-state index is 13.3. The number of nitrogens with zero attached hydrogens (tertiary/aromatic N) is 2. The lowest BCUT2D eigenvalue weighted by atomic mass is 9.77. The molecule has 4 rings (SSSR count). The number of anilines is 2. The Bertz CT molecular complexity index is 798. The van der Waals surface area contributed by atoms with Crippen molar-refractivity contribution in [2.45, 2.75) is 85.5 Å². The molecule has 0 aromatic heterocycles. The van der Waals surface area contributed by atoms with Gasteiger partial charge in [0.1, 0.15) is 0 Å². The summed E-state index contributed by atoms with van der Waals surface area (Å²) in [6.07, 6.45) is 11.2. The van der Waals surface area contributed by atoms with Gasteiger partial charge in [0.05, 0.1) is 5.41 Å². The van der Waals surface area contributed by atoms with Crippen LogP contribution in [0.15, 0.2) is 18.2 Å². The molecule has 3 heterocycles. The fourth-order valence-corrected chi connectivity index (χ4v) is 6.48. The highest BCUT2D eigenvalue weighted by atomic mass is 16.2. The van der Waals surface area contributed by atoms with Crippen molar-refractivity contribution in [2.24, 2.45) is 23.2 Å². The van der Waals surface area contributed by atoms with Crippen molar-refractivity contribution in [3.63, 3.8) is 0 Å². The van der Waals surface area contributed by atoms with Crippen molar-refractivity contribution < 1.29 is 4.79 Å². The van der Waals surface area contributed by atoms with Crippen LogP contribution in [-0.2, 0) is 4.79 Å². The molecular formula is C29H47N3O. The van der Waals surface area contributed by atoms with Crippen LogP contribution in [0.4, 0.5) is 11.4 Å². The van der Waals surface area contributed by atoms with Crippen LogP contribution in [0, 0.1) is 30.1 Å². The molecule has 4 nitrogen and oxygen atoms in total. The van der Waals surface area contributed by atoms with Crippen LogP contribution in [0.3, 0.4) is 0 Å². The van der Waals surface area contributed by atoms with E-state index in [0.29, 0.717) is 5.91 Å². The van der Waals surface area contributed by atoms with E-state index >= 15 is 0 Å². The van der Waals surface area contributed by atoms with E-state index in [-0.39, 0.29) is 5.41 Å². The van der Waals surface area contributed by atoms with E-state index in [1.807, 2.05) is 0 Å². The zero-order chi connectivity index (χ0) is 23.4. The van der Waals surface area contributed by atoms with E-state index in [4.69, 9.17) is 0 Å². The summed E-state index contributed by atoms with van der Waals surface area (Å²) in [5.74, 6) is 2.84. The van der Waals surface area contributed by atoms with E-state index in [0.717, 1.165) is 62.3 Å². The Morgan fingerprint density at radius 1 is 1.03 bits per heavy atom. The van der Waals surface area contributed by atoms with Gasteiger partial charge in [-0.15, -0.1) is 0 Å². The minimum absolute atomic E-state index is 0.108. The largest absolute Gasteiger partial charge is 0.371 e. The lowest BCUT2D eigenvalue weighted by Crippen LogP contribution is -2.42. The van der Waals surface area contributed by atoms with Crippen molar-refractivity contribution in [1.82, 2.24) is 5.32 Å². The minimum atomic E-state index is -0.108. The first-order valence-corrected chi connectivity index (χ1v) is 13.8. The van der Waals surface area contributed by atoms with Crippen molar-refractivity contribution in [1.29, 1.82) is 0 Å². The predicted molar refractivity (Wildman–Crippen MR) is 140 cm³/mol. The molecule has 0 aliphatic carbocycles. The van der Waals surface area contributed by atoms with Crippen LogP contribution in [-0.4, -0.2) is 38.6 Å². The van der Waals surface area contributed by atoms with Gasteiger partial charge in [-0.05, 0) is 87.2 Å². The molecule has 33 heavy (non-hydrogen) atoms. The fraction of sp³-hybridized carbons (Fsp3) is 0.759. The first-order chi connectivity index (χ1) is 15.9. The summed E-state index contributed by atoms with van der Waals surface area (Å²) >= 11 is 0. The topological polar surface area (TPSA) is 35.6 Å². The minimum Gasteiger partial charge on any atom is -0.371 e. The monoisotopic (exact) mass is 453 g/mol. The molecule has 3 fully saturated rings. The standard InChI is InChI=1S/C29H47N3O/c1-22(2)8-6-5-7-9-23(3)25-12-18-31(21-25)26-10-11-27(24(4)20-26)32-19-15-29(28(32)33)13-16-30-17-14-29/h10-11,20,22-23,25,30H,5-9,12-19,21H2,1-4H3. The Morgan fingerprint density at radius 2 is 1.79 bits per heavy atom. The van der Waals surface area contributed by atoms with Crippen molar-refractivity contribution >= 4 is 17.3 Å². The first-order valence-electron chi connectivity index (χ1n) is 13.8. The lowest BCUT2D eigenvalue weighted by Gasteiger charge is -2.32. The van der Waals surface area contributed by atoms with Gasteiger partial charge in [0.25, 0.3) is 0 Å². The second-order valence-corrected chi connectivity index (χ2v) is 11.7. The Hall–Kier alpha value is -1.55. The molecule has 1 N–H and O–H groups in total. The third kappa shape index (κ3) is 5.58. The van der Waals surface area contributed by atoms with Crippen LogP contribution >= 0.6 is 0 Å². The van der Waals surface area contributed by atoms with Crippen LogP contribution < -0.4 is 15.1 Å². The van der Waals surface area contributed by atoms with Gasteiger partial charge < -0.3 is 15.1 Å². The van der Waals surface area contributed by atoms with E-state index in [1.54, 1.807) is 0 Å². The zero-order valence-corrected chi connectivity index (χ0v) is 21.7. The number of hydrogen-bond acceptors (Lipinski definition) is 3.